The van der Waals surface area contributed by atoms with E-state index in [1.807, 2.05) is 0 Å². The fraction of sp³-hybridized carbons (Fsp3) is 0.611. The molecule has 0 aromatic heterocycles. The van der Waals surface area contributed by atoms with Crippen LogP contribution in [0.3, 0.4) is 0 Å². The third kappa shape index (κ3) is 4.36. The van der Waals surface area contributed by atoms with Crippen molar-refractivity contribution in [1.29, 1.82) is 0 Å². The lowest BCUT2D eigenvalue weighted by Crippen LogP contribution is -2.26. The summed E-state index contributed by atoms with van der Waals surface area (Å²) in [7, 11) is -3.56. The third-order valence-corrected chi connectivity index (χ3v) is 6.33. The molecule has 0 bridgehead atoms. The number of esters is 1. The van der Waals surface area contributed by atoms with Gasteiger partial charge in [0.15, 0.2) is 0 Å². The number of carbonyl (C=O) groups excluding carboxylic acids is 1. The second-order valence-corrected chi connectivity index (χ2v) is 8.69. The fourth-order valence-corrected chi connectivity index (χ4v) is 4.43. The molecule has 2 aliphatic rings. The van der Waals surface area contributed by atoms with Crippen LogP contribution in [-0.2, 0) is 14.8 Å². The van der Waals surface area contributed by atoms with E-state index in [0.717, 1.165) is 31.2 Å². The van der Waals surface area contributed by atoms with Gasteiger partial charge in [-0.1, -0.05) is 25.3 Å². The minimum Gasteiger partial charge on any atom is -0.462 e. The number of benzene rings is 1. The van der Waals surface area contributed by atoms with Gasteiger partial charge in [-0.05, 0) is 56.2 Å². The van der Waals surface area contributed by atoms with Crippen LogP contribution in [0.25, 0.3) is 0 Å². The highest BCUT2D eigenvalue weighted by molar-refractivity contribution is 7.89. The molecule has 5 nitrogen and oxygen atoms in total. The van der Waals surface area contributed by atoms with Crippen molar-refractivity contribution in [3.05, 3.63) is 29.3 Å². The Hall–Kier alpha value is -1.40. The van der Waals surface area contributed by atoms with Crippen molar-refractivity contribution in [2.45, 2.75) is 62.8 Å². The molecule has 132 valence electrons. The predicted molar refractivity (Wildman–Crippen MR) is 91.4 cm³/mol. The van der Waals surface area contributed by atoms with E-state index in [1.54, 1.807) is 13.0 Å². The molecule has 6 heteroatoms. The lowest BCUT2D eigenvalue weighted by Gasteiger charge is -2.21. The molecule has 24 heavy (non-hydrogen) atoms. The van der Waals surface area contributed by atoms with Crippen LogP contribution in [0.1, 0.15) is 60.9 Å². The number of hydrogen-bond donors (Lipinski definition) is 1. The zero-order valence-electron chi connectivity index (χ0n) is 14.1. The van der Waals surface area contributed by atoms with E-state index in [9.17, 15) is 13.2 Å². The van der Waals surface area contributed by atoms with Crippen molar-refractivity contribution in [3.8, 4) is 0 Å². The summed E-state index contributed by atoms with van der Waals surface area (Å²) < 4.78 is 32.7. The largest absolute Gasteiger partial charge is 0.462 e. The summed E-state index contributed by atoms with van der Waals surface area (Å²) in [6.45, 7) is 2.22. The average Bonchev–Trinajstić information content (AvgIpc) is 3.37. The third-order valence-electron chi connectivity index (χ3n) is 4.81. The quantitative estimate of drug-likeness (QED) is 0.799. The molecule has 1 aromatic carbocycles. The van der Waals surface area contributed by atoms with Gasteiger partial charge in [0.1, 0.15) is 0 Å². The normalized spacial score (nSPS) is 19.2. The van der Waals surface area contributed by atoms with Gasteiger partial charge in [-0.2, -0.15) is 0 Å². The van der Waals surface area contributed by atoms with Gasteiger partial charge in [-0.25, -0.2) is 17.9 Å². The summed E-state index contributed by atoms with van der Waals surface area (Å²) in [5.41, 5.74) is 1.07. The first kappa shape index (κ1) is 17.4. The van der Waals surface area contributed by atoms with E-state index in [4.69, 9.17) is 4.74 Å². The summed E-state index contributed by atoms with van der Waals surface area (Å²) in [6.07, 6.45) is 7.61. The lowest BCUT2D eigenvalue weighted by molar-refractivity contribution is 0.0409. The Labute approximate surface area is 143 Å². The number of nitrogens with one attached hydrogen (secondary N) is 1. The molecule has 0 amide bonds. The van der Waals surface area contributed by atoms with Gasteiger partial charge in [-0.3, -0.25) is 0 Å². The summed E-state index contributed by atoms with van der Waals surface area (Å²) in [4.78, 5) is 12.5. The first-order valence-corrected chi connectivity index (χ1v) is 10.2. The van der Waals surface area contributed by atoms with Crippen molar-refractivity contribution in [1.82, 2.24) is 4.72 Å². The van der Waals surface area contributed by atoms with Crippen LogP contribution in [0.4, 0.5) is 0 Å². The maximum absolute atomic E-state index is 12.4. The van der Waals surface area contributed by atoms with Gasteiger partial charge >= 0.3 is 5.97 Å². The summed E-state index contributed by atoms with van der Waals surface area (Å²) in [5.74, 6) is 0.00741. The van der Waals surface area contributed by atoms with Crippen molar-refractivity contribution in [2.24, 2.45) is 5.92 Å². The smallest absolute Gasteiger partial charge is 0.338 e. The molecule has 0 spiro atoms. The molecule has 1 aromatic rings. The Kier molecular flexibility index (Phi) is 5.25. The van der Waals surface area contributed by atoms with Gasteiger partial charge in [-0.15, -0.1) is 0 Å². The monoisotopic (exact) mass is 351 g/mol. The number of hydrogen-bond acceptors (Lipinski definition) is 4. The lowest BCUT2D eigenvalue weighted by atomic mass is 9.90. The van der Waals surface area contributed by atoms with Crippen LogP contribution >= 0.6 is 0 Å². The number of sulfonamides is 1. The van der Waals surface area contributed by atoms with E-state index in [2.05, 4.69) is 4.72 Å². The van der Waals surface area contributed by atoms with Gasteiger partial charge in [0.05, 0.1) is 17.1 Å². The fourth-order valence-electron chi connectivity index (χ4n) is 3.10. The van der Waals surface area contributed by atoms with E-state index in [0.29, 0.717) is 18.1 Å². The van der Waals surface area contributed by atoms with Crippen LogP contribution in [0.5, 0.6) is 0 Å². The van der Waals surface area contributed by atoms with Gasteiger partial charge in [0, 0.05) is 6.04 Å². The number of aryl methyl sites for hydroxylation is 1. The Morgan fingerprint density at radius 1 is 1.17 bits per heavy atom. The molecule has 1 N–H and O–H groups in total. The van der Waals surface area contributed by atoms with Gasteiger partial charge in [0.2, 0.25) is 10.0 Å². The van der Waals surface area contributed by atoms with Crippen LogP contribution < -0.4 is 4.72 Å². The molecule has 0 radical (unpaired) electrons. The molecular weight excluding hydrogens is 326 g/mol. The van der Waals surface area contributed by atoms with E-state index >= 15 is 0 Å². The molecular formula is C18H25NO4S. The minimum absolute atomic E-state index is 0.0398. The average molecular weight is 351 g/mol. The van der Waals surface area contributed by atoms with Crippen molar-refractivity contribution in [3.63, 3.8) is 0 Å². The Bertz CT molecular complexity index is 704. The van der Waals surface area contributed by atoms with Crippen molar-refractivity contribution >= 4 is 16.0 Å². The second-order valence-electron chi connectivity index (χ2n) is 6.97. The van der Waals surface area contributed by atoms with Crippen LogP contribution in [0, 0.1) is 12.8 Å². The number of ether oxygens (including phenoxy) is 1. The maximum Gasteiger partial charge on any atom is 0.338 e. The Balaban J connectivity index is 1.69. The molecule has 0 atom stereocenters. The molecule has 0 unspecified atom stereocenters. The molecule has 0 saturated heterocycles. The summed E-state index contributed by atoms with van der Waals surface area (Å²) in [6, 6.07) is 4.68. The molecule has 2 fully saturated rings. The highest BCUT2D eigenvalue weighted by Crippen LogP contribution is 2.25. The molecule has 0 heterocycles. The van der Waals surface area contributed by atoms with Crippen LogP contribution in [0.2, 0.25) is 0 Å². The number of rotatable bonds is 6. The topological polar surface area (TPSA) is 72.5 Å². The molecule has 0 aliphatic heterocycles. The zero-order chi connectivity index (χ0) is 17.2. The summed E-state index contributed by atoms with van der Waals surface area (Å²) >= 11 is 0. The first-order valence-electron chi connectivity index (χ1n) is 8.76. The second kappa shape index (κ2) is 7.23. The van der Waals surface area contributed by atoms with Crippen LogP contribution in [-0.4, -0.2) is 27.0 Å². The Morgan fingerprint density at radius 3 is 2.54 bits per heavy atom. The first-order chi connectivity index (χ1) is 11.5. The van der Waals surface area contributed by atoms with Crippen LogP contribution in [0.15, 0.2) is 23.1 Å². The van der Waals surface area contributed by atoms with Crippen molar-refractivity contribution in [2.75, 3.05) is 6.61 Å². The Morgan fingerprint density at radius 2 is 1.88 bits per heavy atom. The van der Waals surface area contributed by atoms with Gasteiger partial charge < -0.3 is 4.74 Å². The maximum atomic E-state index is 12.4. The minimum atomic E-state index is -3.56. The highest BCUT2D eigenvalue weighted by atomic mass is 32.2. The standard InChI is InChI=1S/C18H25NO4S/c1-13-7-10-16(24(21,22)19-15-8-9-15)11-17(13)18(20)23-12-14-5-3-2-4-6-14/h7,10-11,14-15,19H,2-6,8-9,12H2,1H3. The SMILES string of the molecule is Cc1ccc(S(=O)(=O)NC2CC2)cc1C(=O)OCC1CCCCC1. The van der Waals surface area contributed by atoms with E-state index in [1.165, 1.54) is 31.4 Å². The molecule has 2 aliphatic carbocycles. The summed E-state index contributed by atoms with van der Waals surface area (Å²) in [5, 5.41) is 0. The van der Waals surface area contributed by atoms with Crippen molar-refractivity contribution < 1.29 is 17.9 Å². The zero-order valence-corrected chi connectivity index (χ0v) is 14.9. The molecule has 3 rings (SSSR count). The van der Waals surface area contributed by atoms with E-state index in [-0.39, 0.29) is 10.9 Å². The van der Waals surface area contributed by atoms with Gasteiger partial charge in [0.25, 0.3) is 0 Å². The van der Waals surface area contributed by atoms with E-state index < -0.39 is 16.0 Å². The highest BCUT2D eigenvalue weighted by Gasteiger charge is 2.28. The predicted octanol–water partition coefficient (Wildman–Crippen LogP) is 3.17. The number of carbonyl (C=O) groups is 1. The molecule has 2 saturated carbocycles.